The zero-order valence-corrected chi connectivity index (χ0v) is 23.0. The van der Waals surface area contributed by atoms with E-state index in [1.807, 2.05) is 0 Å². The van der Waals surface area contributed by atoms with Gasteiger partial charge in [-0.2, -0.15) is 0 Å². The first kappa shape index (κ1) is 31.8. The molecule has 5 heteroatoms. The van der Waals surface area contributed by atoms with E-state index in [0.29, 0.717) is 5.41 Å². The van der Waals surface area contributed by atoms with Crippen molar-refractivity contribution in [2.45, 2.75) is 111 Å². The molecule has 0 aromatic rings. The van der Waals surface area contributed by atoms with E-state index >= 15 is 0 Å². The molecule has 1 rings (SSSR count). The molecule has 1 aliphatic carbocycles. The Morgan fingerprint density at radius 2 is 1.36 bits per heavy atom. The quantitative estimate of drug-likeness (QED) is 0.397. The van der Waals surface area contributed by atoms with Crippen molar-refractivity contribution in [3.63, 3.8) is 0 Å². The van der Waals surface area contributed by atoms with Crippen LogP contribution >= 0.6 is 15.2 Å². The third-order valence-corrected chi connectivity index (χ3v) is 10.8. The van der Waals surface area contributed by atoms with Crippen molar-refractivity contribution in [1.82, 2.24) is 0 Å². The van der Waals surface area contributed by atoms with Gasteiger partial charge in [0.25, 0.3) is 0 Å². The van der Waals surface area contributed by atoms with Crippen molar-refractivity contribution < 1.29 is 44.7 Å². The van der Waals surface area contributed by atoms with Crippen LogP contribution in [0.15, 0.2) is 0 Å². The molecular formula is C20H43Cl2P2Ti. The molecule has 0 aromatic heterocycles. The second-order valence-corrected chi connectivity index (χ2v) is 13.4. The number of rotatable bonds is 7. The molecule has 1 fully saturated rings. The molecule has 0 radical (unpaired) electrons. The fourth-order valence-electron chi connectivity index (χ4n) is 4.15. The molecule has 5 atom stereocenters. The molecule has 0 saturated heterocycles. The second kappa shape index (κ2) is 17.1. The standard InChI is InChI=1S/C17H35P.C3H8P.2ClH.Ti/c1-7-14(5)17(15(6)8-2)11-9-10-16(12-17)18-13(3)4;1-3(2)4;;;/h13-16,18H,7-12H2,1-6H3;3-4H,1-2H3;2*1H;/q;-1;;;+3/p-2. The van der Waals surface area contributed by atoms with E-state index < -0.39 is 0 Å². The van der Waals surface area contributed by atoms with E-state index in [4.69, 9.17) is 0 Å². The smallest absolute Gasteiger partial charge is 0.0229 e. The summed E-state index contributed by atoms with van der Waals surface area (Å²) in [6, 6.07) is 0. The second-order valence-electron chi connectivity index (χ2n) is 8.27. The fraction of sp³-hybridized carbons (Fsp3) is 1.00. The van der Waals surface area contributed by atoms with Crippen molar-refractivity contribution in [2.75, 3.05) is 0 Å². The Kier molecular flexibility index (Phi) is 21.7. The molecule has 1 saturated carbocycles. The van der Waals surface area contributed by atoms with Gasteiger partial charge in [0.15, 0.2) is 0 Å². The van der Waals surface area contributed by atoms with Crippen molar-refractivity contribution in [2.24, 2.45) is 17.3 Å². The van der Waals surface area contributed by atoms with Crippen LogP contribution in [0.5, 0.6) is 0 Å². The van der Waals surface area contributed by atoms with Crippen LogP contribution < -0.4 is 24.8 Å². The molecule has 0 N–H and O–H groups in total. The Hall–Kier alpha value is 2.15. The van der Waals surface area contributed by atoms with Gasteiger partial charge in [0.05, 0.1) is 0 Å². The average Bonchev–Trinajstić information content (AvgIpc) is 2.53. The summed E-state index contributed by atoms with van der Waals surface area (Å²) < 4.78 is 0. The predicted molar refractivity (Wildman–Crippen MR) is 111 cm³/mol. The minimum Gasteiger partial charge on any atom is -1.00 e. The monoisotopic (exact) mass is 463 g/mol. The van der Waals surface area contributed by atoms with Gasteiger partial charge in [0.2, 0.25) is 0 Å². The van der Waals surface area contributed by atoms with Gasteiger partial charge < -0.3 is 24.8 Å². The Bertz CT molecular complexity index is 291. The minimum atomic E-state index is 0. The van der Waals surface area contributed by atoms with Crippen LogP contribution in [0.25, 0.3) is 0 Å². The van der Waals surface area contributed by atoms with E-state index in [0.717, 1.165) is 35.4 Å². The summed E-state index contributed by atoms with van der Waals surface area (Å²) >= 11 is 2.23. The zero-order chi connectivity index (χ0) is 18.0. The van der Waals surface area contributed by atoms with E-state index in [-0.39, 0.29) is 24.8 Å². The predicted octanol–water partition coefficient (Wildman–Crippen LogP) is 1.64. The van der Waals surface area contributed by atoms with Gasteiger partial charge in [-0.1, -0.05) is 60.8 Å². The summed E-state index contributed by atoms with van der Waals surface area (Å²) in [5.74, 6) is 1.82. The van der Waals surface area contributed by atoms with Crippen molar-refractivity contribution in [3.05, 3.63) is 0 Å². The van der Waals surface area contributed by atoms with Gasteiger partial charge in [-0.15, -0.1) is 8.58 Å². The summed E-state index contributed by atoms with van der Waals surface area (Å²) in [6.07, 6.45) is 8.73. The Balaban J connectivity index is -0.000000610. The minimum absolute atomic E-state index is 0. The summed E-state index contributed by atoms with van der Waals surface area (Å²) in [5, 5.41) is 0. The van der Waals surface area contributed by atoms with E-state index in [1.54, 1.807) is 0 Å². The summed E-state index contributed by atoms with van der Waals surface area (Å²) in [5.41, 5.74) is 3.50. The first-order chi connectivity index (χ1) is 10.7. The van der Waals surface area contributed by atoms with Crippen LogP contribution in [-0.4, -0.2) is 17.0 Å². The van der Waals surface area contributed by atoms with Gasteiger partial charge in [0, 0.05) is 0 Å². The zero-order valence-electron chi connectivity index (χ0n) is 17.9. The fourth-order valence-corrected chi connectivity index (χ4v) is 5.96. The van der Waals surface area contributed by atoms with Crippen LogP contribution in [0.4, 0.5) is 0 Å². The Labute approximate surface area is 187 Å². The number of hydrogen-bond donors (Lipinski definition) is 0. The molecule has 0 amide bonds. The Morgan fingerprint density at radius 1 is 0.920 bits per heavy atom. The molecule has 0 nitrogen and oxygen atoms in total. The average molecular weight is 464 g/mol. The van der Waals surface area contributed by atoms with Crippen LogP contribution in [0, 0.1) is 17.3 Å². The molecule has 0 aliphatic heterocycles. The first-order valence-corrected chi connectivity index (χ1v) is 14.5. The SMILES string of the molecule is CC(C)[PH][Ti+2].CCC(C)C1(C(C)CC)CCCC(PC(C)C)C1.[Cl-].[Cl-]. The summed E-state index contributed by atoms with van der Waals surface area (Å²) in [6.45, 7) is 20.2. The van der Waals surface area contributed by atoms with Gasteiger partial charge in [-0.3, -0.25) is 0 Å². The molecule has 25 heavy (non-hydrogen) atoms. The summed E-state index contributed by atoms with van der Waals surface area (Å²) in [4.78, 5) is 0. The normalized spacial score (nSPS) is 26.3. The van der Waals surface area contributed by atoms with Crippen LogP contribution in [0.3, 0.4) is 0 Å². The molecule has 5 unspecified atom stereocenters. The third-order valence-electron chi connectivity index (χ3n) is 5.87. The van der Waals surface area contributed by atoms with Crippen molar-refractivity contribution in [1.29, 1.82) is 0 Å². The van der Waals surface area contributed by atoms with E-state index in [1.165, 1.54) is 47.1 Å². The topological polar surface area (TPSA) is 0 Å². The van der Waals surface area contributed by atoms with Crippen LogP contribution in [-0.2, 0) is 19.9 Å². The van der Waals surface area contributed by atoms with E-state index in [9.17, 15) is 0 Å². The third kappa shape index (κ3) is 11.7. The molecular weight excluding hydrogens is 421 g/mol. The molecule has 0 heterocycles. The van der Waals surface area contributed by atoms with Gasteiger partial charge >= 0.3 is 46.0 Å². The molecule has 0 bridgehead atoms. The number of halogens is 2. The Morgan fingerprint density at radius 3 is 1.68 bits per heavy atom. The van der Waals surface area contributed by atoms with Crippen molar-refractivity contribution in [3.8, 4) is 0 Å². The van der Waals surface area contributed by atoms with E-state index in [2.05, 4.69) is 75.3 Å². The largest absolute Gasteiger partial charge is 1.00 e. The van der Waals surface area contributed by atoms with Gasteiger partial charge in [-0.25, -0.2) is 0 Å². The van der Waals surface area contributed by atoms with Crippen LogP contribution in [0.2, 0.25) is 0 Å². The number of hydrogen-bond acceptors (Lipinski definition) is 0. The van der Waals surface area contributed by atoms with Crippen LogP contribution in [0.1, 0.15) is 93.9 Å². The molecule has 0 spiro atoms. The molecule has 0 aromatic carbocycles. The maximum Gasteiger partial charge on any atom is -0.0229 e. The van der Waals surface area contributed by atoms with Gasteiger partial charge in [0.1, 0.15) is 0 Å². The van der Waals surface area contributed by atoms with Gasteiger partial charge in [-0.05, 0) is 47.8 Å². The molecule has 151 valence electrons. The van der Waals surface area contributed by atoms with Crippen molar-refractivity contribution >= 4 is 15.2 Å². The maximum absolute atomic E-state index is 2.52. The first-order valence-electron chi connectivity index (χ1n) is 9.91. The maximum atomic E-state index is 2.52. The molecule has 1 aliphatic rings. The summed E-state index contributed by atoms with van der Waals surface area (Å²) in [7, 11) is 1.19.